The molecule has 0 aliphatic rings. The highest BCUT2D eigenvalue weighted by molar-refractivity contribution is 6.13. The van der Waals surface area contributed by atoms with Gasteiger partial charge in [-0.25, -0.2) is 8.78 Å². The maximum absolute atomic E-state index is 13.5. The van der Waals surface area contributed by atoms with E-state index < -0.39 is 35.2 Å². The molecule has 0 atom stereocenters. The Kier molecular flexibility index (Phi) is 4.26. The fraction of sp³-hybridized carbons (Fsp3) is 0.267. The number of halogens is 2. The molecule has 2 rings (SSSR count). The predicted octanol–water partition coefficient (Wildman–Crippen LogP) is 2.72. The minimum absolute atomic E-state index is 0.338. The molecule has 1 aromatic heterocycles. The topological polar surface area (TPSA) is 52.0 Å². The second-order valence-electron chi connectivity index (χ2n) is 4.66. The number of Topliss-reactive ketones (excluding diaryl/α,β-unsaturated/α-hetero) is 2. The Morgan fingerprint density at radius 2 is 1.86 bits per heavy atom. The number of ketones is 2. The molecule has 0 bridgehead atoms. The highest BCUT2D eigenvalue weighted by atomic mass is 19.1. The van der Waals surface area contributed by atoms with Crippen molar-refractivity contribution in [2.45, 2.75) is 19.8 Å². The SMILES string of the molecule is CCc1nn(C)cc1C(=O)CC(=O)c1cc(F)ccc1F. The van der Waals surface area contributed by atoms with Gasteiger partial charge in [0.2, 0.25) is 0 Å². The molecule has 0 saturated carbocycles. The number of benzene rings is 1. The molecule has 1 heterocycles. The third kappa shape index (κ3) is 3.21. The number of carbonyl (C=O) groups is 2. The van der Waals surface area contributed by atoms with Crippen LogP contribution in [-0.2, 0) is 13.5 Å². The van der Waals surface area contributed by atoms with Crippen LogP contribution < -0.4 is 0 Å². The van der Waals surface area contributed by atoms with E-state index >= 15 is 0 Å². The number of aryl methyl sites for hydroxylation is 2. The normalized spacial score (nSPS) is 10.7. The highest BCUT2D eigenvalue weighted by Gasteiger charge is 2.20. The van der Waals surface area contributed by atoms with Crippen LogP contribution in [-0.4, -0.2) is 21.3 Å². The van der Waals surface area contributed by atoms with Gasteiger partial charge < -0.3 is 0 Å². The molecule has 0 amide bonds. The van der Waals surface area contributed by atoms with Crippen molar-refractivity contribution in [2.24, 2.45) is 7.05 Å². The maximum Gasteiger partial charge on any atom is 0.174 e. The molecule has 110 valence electrons. The largest absolute Gasteiger partial charge is 0.294 e. The third-order valence-corrected chi connectivity index (χ3v) is 3.09. The van der Waals surface area contributed by atoms with Gasteiger partial charge >= 0.3 is 0 Å². The van der Waals surface area contributed by atoms with E-state index in [0.29, 0.717) is 17.7 Å². The van der Waals surface area contributed by atoms with Gasteiger partial charge in [0.05, 0.1) is 23.2 Å². The van der Waals surface area contributed by atoms with Gasteiger partial charge in [-0.05, 0) is 24.6 Å². The summed E-state index contributed by atoms with van der Waals surface area (Å²) in [6.45, 7) is 1.84. The number of hydrogen-bond acceptors (Lipinski definition) is 3. The van der Waals surface area contributed by atoms with E-state index in [1.807, 2.05) is 6.92 Å². The zero-order valence-corrected chi connectivity index (χ0v) is 11.7. The van der Waals surface area contributed by atoms with Crippen molar-refractivity contribution in [1.82, 2.24) is 9.78 Å². The van der Waals surface area contributed by atoms with Crippen LogP contribution in [0.15, 0.2) is 24.4 Å². The third-order valence-electron chi connectivity index (χ3n) is 3.09. The Morgan fingerprint density at radius 3 is 2.52 bits per heavy atom. The average Bonchev–Trinajstić information content (AvgIpc) is 2.82. The molecule has 1 aromatic carbocycles. The molecule has 21 heavy (non-hydrogen) atoms. The minimum atomic E-state index is -0.837. The summed E-state index contributed by atoms with van der Waals surface area (Å²) >= 11 is 0. The van der Waals surface area contributed by atoms with Crippen LogP contribution in [0.1, 0.15) is 39.8 Å². The van der Waals surface area contributed by atoms with Crippen LogP contribution in [0.3, 0.4) is 0 Å². The monoisotopic (exact) mass is 292 g/mol. The number of carbonyl (C=O) groups excluding carboxylic acids is 2. The molecule has 0 unspecified atom stereocenters. The van der Waals surface area contributed by atoms with Crippen LogP contribution in [0.4, 0.5) is 8.78 Å². The first-order chi connectivity index (χ1) is 9.92. The molecule has 0 N–H and O–H groups in total. The molecular formula is C15H14F2N2O2. The van der Waals surface area contributed by atoms with Crippen LogP contribution in [0.25, 0.3) is 0 Å². The summed E-state index contributed by atoms with van der Waals surface area (Å²) in [5, 5.41) is 4.11. The van der Waals surface area contributed by atoms with E-state index in [4.69, 9.17) is 0 Å². The number of hydrogen-bond donors (Lipinski definition) is 0. The van der Waals surface area contributed by atoms with E-state index in [1.165, 1.54) is 10.9 Å². The standard InChI is InChI=1S/C15H14F2N2O2/c1-3-13-11(8-19(2)18-13)15(21)7-14(20)10-6-9(16)4-5-12(10)17/h4-6,8H,3,7H2,1-2H3. The smallest absolute Gasteiger partial charge is 0.174 e. The Labute approximate surface area is 120 Å². The maximum atomic E-state index is 13.5. The first kappa shape index (κ1) is 15.0. The van der Waals surface area contributed by atoms with Gasteiger partial charge in [-0.3, -0.25) is 14.3 Å². The highest BCUT2D eigenvalue weighted by Crippen LogP contribution is 2.16. The summed E-state index contributed by atoms with van der Waals surface area (Å²) in [7, 11) is 1.67. The lowest BCUT2D eigenvalue weighted by atomic mass is 10.0. The summed E-state index contributed by atoms with van der Waals surface area (Å²) in [6.07, 6.45) is 1.56. The summed E-state index contributed by atoms with van der Waals surface area (Å²) in [5.41, 5.74) is 0.505. The van der Waals surface area contributed by atoms with Crippen LogP contribution in [0, 0.1) is 11.6 Å². The Hall–Kier alpha value is -2.37. The Bertz CT molecular complexity index is 708. The number of nitrogens with zero attached hydrogens (tertiary/aromatic N) is 2. The van der Waals surface area contributed by atoms with Gasteiger partial charge in [-0.15, -0.1) is 0 Å². The molecule has 0 aliphatic carbocycles. The van der Waals surface area contributed by atoms with E-state index in [2.05, 4.69) is 5.10 Å². The van der Waals surface area contributed by atoms with Gasteiger partial charge in [0.15, 0.2) is 11.6 Å². The van der Waals surface area contributed by atoms with Crippen molar-refractivity contribution in [3.8, 4) is 0 Å². The van der Waals surface area contributed by atoms with Crippen LogP contribution >= 0.6 is 0 Å². The van der Waals surface area contributed by atoms with E-state index in [-0.39, 0.29) is 0 Å². The second kappa shape index (κ2) is 5.95. The molecule has 6 heteroatoms. The Morgan fingerprint density at radius 1 is 1.19 bits per heavy atom. The Balaban J connectivity index is 2.23. The summed E-state index contributed by atoms with van der Waals surface area (Å²) in [6, 6.07) is 2.59. The van der Waals surface area contributed by atoms with Crippen molar-refractivity contribution >= 4 is 11.6 Å². The summed E-state index contributed by atoms with van der Waals surface area (Å²) < 4.78 is 28.1. The van der Waals surface area contributed by atoms with Crippen molar-refractivity contribution in [3.63, 3.8) is 0 Å². The first-order valence-corrected chi connectivity index (χ1v) is 6.46. The van der Waals surface area contributed by atoms with E-state index in [1.54, 1.807) is 7.05 Å². The molecular weight excluding hydrogens is 278 g/mol. The molecule has 0 aliphatic heterocycles. The number of aromatic nitrogens is 2. The van der Waals surface area contributed by atoms with Gasteiger partial charge in [0.1, 0.15) is 11.6 Å². The zero-order chi connectivity index (χ0) is 15.6. The summed E-state index contributed by atoms with van der Waals surface area (Å²) in [5.74, 6) is -2.75. The molecule has 0 fully saturated rings. The van der Waals surface area contributed by atoms with Crippen LogP contribution in [0.5, 0.6) is 0 Å². The lowest BCUT2D eigenvalue weighted by molar-refractivity contribution is 0.0891. The van der Waals surface area contributed by atoms with Gasteiger partial charge in [0.25, 0.3) is 0 Å². The zero-order valence-electron chi connectivity index (χ0n) is 11.7. The molecule has 0 spiro atoms. The molecule has 4 nitrogen and oxygen atoms in total. The fourth-order valence-electron chi connectivity index (χ4n) is 2.08. The molecule has 0 saturated heterocycles. The minimum Gasteiger partial charge on any atom is -0.294 e. The van der Waals surface area contributed by atoms with Crippen LogP contribution in [0.2, 0.25) is 0 Å². The average molecular weight is 292 g/mol. The summed E-state index contributed by atoms with van der Waals surface area (Å²) in [4.78, 5) is 24.1. The van der Waals surface area contributed by atoms with Crippen molar-refractivity contribution in [3.05, 3.63) is 52.9 Å². The first-order valence-electron chi connectivity index (χ1n) is 6.46. The fourth-order valence-corrected chi connectivity index (χ4v) is 2.08. The van der Waals surface area contributed by atoms with E-state index in [0.717, 1.165) is 18.2 Å². The molecule has 2 aromatic rings. The van der Waals surface area contributed by atoms with E-state index in [9.17, 15) is 18.4 Å². The van der Waals surface area contributed by atoms with Gasteiger partial charge in [-0.1, -0.05) is 6.92 Å². The lowest BCUT2D eigenvalue weighted by Crippen LogP contribution is -2.11. The number of rotatable bonds is 5. The van der Waals surface area contributed by atoms with Gasteiger partial charge in [0, 0.05) is 13.2 Å². The molecule has 0 radical (unpaired) electrons. The van der Waals surface area contributed by atoms with Gasteiger partial charge in [-0.2, -0.15) is 5.10 Å². The van der Waals surface area contributed by atoms with Crippen molar-refractivity contribution < 1.29 is 18.4 Å². The quantitative estimate of drug-likeness (QED) is 0.629. The second-order valence-corrected chi connectivity index (χ2v) is 4.66. The van der Waals surface area contributed by atoms with Crippen molar-refractivity contribution in [1.29, 1.82) is 0 Å². The lowest BCUT2D eigenvalue weighted by Gasteiger charge is -2.03. The predicted molar refractivity (Wildman–Crippen MR) is 72.2 cm³/mol. The van der Waals surface area contributed by atoms with Crippen molar-refractivity contribution in [2.75, 3.05) is 0 Å².